The number of hydrogen-bond donors (Lipinski definition) is 8. The van der Waals surface area contributed by atoms with Crippen molar-refractivity contribution in [2.24, 2.45) is 47.3 Å². The van der Waals surface area contributed by atoms with E-state index < -0.39 is 23.7 Å². The molecule has 0 radical (unpaired) electrons. The lowest BCUT2D eigenvalue weighted by atomic mass is 9.72. The largest absolute Gasteiger partial charge is 0.508 e. The summed E-state index contributed by atoms with van der Waals surface area (Å²) in [6, 6.07) is 12.4. The Morgan fingerprint density at radius 2 is 0.441 bits per heavy atom. The van der Waals surface area contributed by atoms with Gasteiger partial charge in [-0.1, -0.05) is 55.4 Å². The van der Waals surface area contributed by atoms with E-state index in [0.717, 1.165) is 0 Å². The third kappa shape index (κ3) is 12.7. The summed E-state index contributed by atoms with van der Waals surface area (Å²) < 4.78 is 0. The van der Waals surface area contributed by atoms with E-state index in [1.165, 1.54) is 24.3 Å². The average Bonchev–Trinajstić information content (AvgIpc) is 3.25. The van der Waals surface area contributed by atoms with Crippen molar-refractivity contribution in [2.75, 3.05) is 23.5 Å². The number of benzene rings is 4. The van der Waals surface area contributed by atoms with Crippen molar-refractivity contribution in [3.05, 3.63) is 93.0 Å². The molecule has 8 nitrogen and oxygen atoms in total. The summed E-state index contributed by atoms with van der Waals surface area (Å²) in [6.45, 7) is 16.9. The Morgan fingerprint density at radius 1 is 0.294 bits per heavy atom. The van der Waals surface area contributed by atoms with Crippen molar-refractivity contribution in [1.82, 2.24) is 0 Å². The van der Waals surface area contributed by atoms with Crippen molar-refractivity contribution in [3.63, 3.8) is 0 Å². The first-order chi connectivity index (χ1) is 32.2. The van der Waals surface area contributed by atoms with Gasteiger partial charge in [0, 0.05) is 116 Å². The van der Waals surface area contributed by atoms with Crippen LogP contribution in [0.4, 0.5) is 0 Å². The average molecular weight is 1020 g/mol. The highest BCUT2D eigenvalue weighted by Gasteiger charge is 2.37. The quantitative estimate of drug-likeness (QED) is 0.0406. The van der Waals surface area contributed by atoms with Gasteiger partial charge in [0.1, 0.15) is 46.0 Å². The number of rotatable bonds is 20. The minimum Gasteiger partial charge on any atom is -0.508 e. The predicted molar refractivity (Wildman–Crippen MR) is 280 cm³/mol. The molecule has 1 aliphatic rings. The number of hydrogen-bond acceptors (Lipinski definition) is 8. The minimum absolute atomic E-state index is 0.00360. The lowest BCUT2D eigenvalue weighted by molar-refractivity contribution is 0.322. The molecular formula is C56H76Cl4O8. The van der Waals surface area contributed by atoms with Crippen LogP contribution in [-0.2, 0) is 0 Å². The van der Waals surface area contributed by atoms with Crippen LogP contribution >= 0.6 is 46.4 Å². The van der Waals surface area contributed by atoms with Gasteiger partial charge in [-0.15, -0.1) is 46.4 Å². The Kier molecular flexibility index (Phi) is 20.0. The molecule has 12 heteroatoms. The van der Waals surface area contributed by atoms with Crippen molar-refractivity contribution >= 4 is 46.4 Å². The SMILES string of the molecule is CC(C)[C@H](CCCl)CC1c2cc(c(O)cc2O)C(C[C@@H](CCCl)C(C)C)c2cc(c(O)cc2O)C(C[C@@H](CCCl)C(C)C)c2cc(c(O)cc2O)C(C[C@@H](CCCl)C(C)C)c2cc1c(O)cc2O. The van der Waals surface area contributed by atoms with Crippen molar-refractivity contribution < 1.29 is 40.9 Å². The van der Waals surface area contributed by atoms with Crippen molar-refractivity contribution in [3.8, 4) is 46.0 Å². The molecule has 0 aromatic heterocycles. The van der Waals surface area contributed by atoms with Gasteiger partial charge in [-0.2, -0.15) is 0 Å². The third-order valence-corrected chi connectivity index (χ3v) is 16.4. The summed E-state index contributed by atoms with van der Waals surface area (Å²) in [5, 5.41) is 96.7. The van der Waals surface area contributed by atoms with E-state index in [-0.39, 0.29) is 93.3 Å². The fourth-order valence-electron chi connectivity index (χ4n) is 11.0. The maximum absolute atomic E-state index is 12.1. The minimum atomic E-state index is -0.710. The topological polar surface area (TPSA) is 162 Å². The molecule has 1 aliphatic carbocycles. The fraction of sp³-hybridized carbons (Fsp3) is 0.571. The van der Waals surface area contributed by atoms with Crippen LogP contribution in [0.5, 0.6) is 46.0 Å². The zero-order valence-corrected chi connectivity index (χ0v) is 44.1. The molecule has 0 spiro atoms. The van der Waals surface area contributed by atoms with Crippen LogP contribution in [-0.4, -0.2) is 64.4 Å². The zero-order chi connectivity index (χ0) is 50.3. The first-order valence-corrected chi connectivity index (χ1v) is 26.8. The molecule has 4 aromatic rings. The number of phenolic OH excluding ortho intramolecular Hbond substituents is 8. The number of phenols is 8. The maximum atomic E-state index is 12.1. The van der Waals surface area contributed by atoms with Gasteiger partial charge in [0.05, 0.1) is 0 Å². The van der Waals surface area contributed by atoms with Gasteiger partial charge in [-0.05, 0) is 123 Å². The molecule has 0 amide bonds. The highest BCUT2D eigenvalue weighted by molar-refractivity contribution is 6.18. The Labute approximate surface area is 425 Å². The van der Waals surface area contributed by atoms with Crippen LogP contribution in [0.2, 0.25) is 0 Å². The van der Waals surface area contributed by atoms with Crippen molar-refractivity contribution in [1.29, 1.82) is 0 Å². The molecule has 8 bridgehead atoms. The van der Waals surface area contributed by atoms with Gasteiger partial charge < -0.3 is 40.9 Å². The van der Waals surface area contributed by atoms with Crippen LogP contribution in [0.1, 0.15) is 175 Å². The van der Waals surface area contributed by atoms with E-state index in [2.05, 4.69) is 55.4 Å². The molecule has 0 saturated heterocycles. The van der Waals surface area contributed by atoms with Gasteiger partial charge in [-0.3, -0.25) is 0 Å². The molecule has 5 rings (SSSR count). The summed E-state index contributed by atoms with van der Waals surface area (Å²) >= 11 is 25.8. The van der Waals surface area contributed by atoms with Gasteiger partial charge >= 0.3 is 0 Å². The summed E-state index contributed by atoms with van der Waals surface area (Å²) in [5.74, 6) is -2.34. The molecule has 376 valence electrons. The van der Waals surface area contributed by atoms with E-state index in [0.29, 0.717) is 119 Å². The van der Waals surface area contributed by atoms with E-state index in [9.17, 15) is 40.9 Å². The third-order valence-electron chi connectivity index (χ3n) is 15.6. The molecule has 0 saturated carbocycles. The second-order valence-corrected chi connectivity index (χ2v) is 22.5. The van der Waals surface area contributed by atoms with Crippen LogP contribution in [0.15, 0.2) is 48.5 Å². The summed E-state index contributed by atoms with van der Waals surface area (Å²) in [5.41, 5.74) is 3.38. The molecule has 68 heavy (non-hydrogen) atoms. The van der Waals surface area contributed by atoms with Gasteiger partial charge in [0.2, 0.25) is 0 Å². The molecule has 4 aromatic carbocycles. The highest BCUT2D eigenvalue weighted by Crippen LogP contribution is 2.54. The fourth-order valence-corrected chi connectivity index (χ4v) is 12.2. The molecular weight excluding hydrogens is 942 g/mol. The van der Waals surface area contributed by atoms with Crippen LogP contribution in [0.3, 0.4) is 0 Å². The molecule has 0 heterocycles. The van der Waals surface area contributed by atoms with E-state index in [1.54, 1.807) is 24.3 Å². The summed E-state index contributed by atoms with van der Waals surface area (Å²) in [4.78, 5) is 0. The molecule has 0 fully saturated rings. The molecule has 0 aliphatic heterocycles. The molecule has 0 unspecified atom stereocenters. The van der Waals surface area contributed by atoms with E-state index >= 15 is 0 Å². The lowest BCUT2D eigenvalue weighted by Gasteiger charge is -2.33. The summed E-state index contributed by atoms with van der Waals surface area (Å²) in [6.07, 6.45) is 4.22. The Bertz CT molecular complexity index is 1880. The Morgan fingerprint density at radius 3 is 0.559 bits per heavy atom. The standard InChI is InChI=1S/C56H76Cl4O8/c1-29(2)33(9-13-57)17-37-41-21-43(51(63)25-49(41)61)38(18-34(10-14-58)30(3)4)45-23-47(55(67)27-53(45)65)40(20-36(12-16-60)32(7)8)48-24-46(54(66)28-56(48)68)39(19-35(11-15-59)31(5)6)44-22-42(37)50(62)26-52(44)64/h21-40,61-68H,9-20H2,1-8H3/t33-,34-,35-,36-,37?,38?,39?,40?/m1/s1. The summed E-state index contributed by atoms with van der Waals surface area (Å²) in [7, 11) is 0. The second kappa shape index (κ2) is 24.5. The number of aromatic hydroxyl groups is 8. The van der Waals surface area contributed by atoms with Gasteiger partial charge in [-0.25, -0.2) is 0 Å². The van der Waals surface area contributed by atoms with Crippen LogP contribution in [0, 0.1) is 47.3 Å². The highest BCUT2D eigenvalue weighted by atomic mass is 35.5. The number of alkyl halides is 4. The Balaban J connectivity index is 2.05. The van der Waals surface area contributed by atoms with Crippen LogP contribution in [0.25, 0.3) is 0 Å². The predicted octanol–water partition coefficient (Wildman–Crippen LogP) is 15.3. The molecule has 8 N–H and O–H groups in total. The number of halogens is 4. The van der Waals surface area contributed by atoms with Crippen molar-refractivity contribution in [2.45, 2.75) is 130 Å². The number of fused-ring (bicyclic) bond motifs is 8. The normalized spacial score (nSPS) is 19.2. The first kappa shape index (κ1) is 55.4. The van der Waals surface area contributed by atoms with E-state index in [1.807, 2.05) is 0 Å². The van der Waals surface area contributed by atoms with Crippen LogP contribution < -0.4 is 0 Å². The monoisotopic (exact) mass is 1020 g/mol. The molecule has 4 atom stereocenters. The van der Waals surface area contributed by atoms with Gasteiger partial charge in [0.15, 0.2) is 0 Å². The van der Waals surface area contributed by atoms with E-state index in [4.69, 9.17) is 46.4 Å². The Hall–Kier alpha value is -3.56. The smallest absolute Gasteiger partial charge is 0.123 e. The zero-order valence-electron chi connectivity index (χ0n) is 41.1. The first-order valence-electron chi connectivity index (χ1n) is 24.6. The van der Waals surface area contributed by atoms with Gasteiger partial charge in [0.25, 0.3) is 0 Å². The second-order valence-electron chi connectivity index (χ2n) is 21.0. The lowest BCUT2D eigenvalue weighted by Crippen LogP contribution is -2.19. The maximum Gasteiger partial charge on any atom is 0.123 e.